The lowest BCUT2D eigenvalue weighted by atomic mass is 9.93. The molecule has 21 heavy (non-hydrogen) atoms. The molecule has 1 amide bonds. The molecule has 1 N–H and O–H groups in total. The van der Waals surface area contributed by atoms with Crippen molar-refractivity contribution in [2.75, 3.05) is 5.33 Å². The number of carboxylic acid groups (broad SMARTS) is 1. The maximum atomic E-state index is 12.6. The van der Waals surface area contributed by atoms with Crippen molar-refractivity contribution < 1.29 is 24.2 Å². The molecule has 2 rings (SSSR count). The number of hydrogen-bond acceptors (Lipinski definition) is 4. The van der Waals surface area contributed by atoms with Gasteiger partial charge in [0, 0.05) is 24.2 Å². The molecular formula is C14H20BrNO5. The summed E-state index contributed by atoms with van der Waals surface area (Å²) in [7, 11) is 0. The standard InChI is InChI=1S/C14H20BrNO5/c1-8(17)21-12-10(7-15)11(14(19)20)16(13(12)18)9-5-3-2-4-6-9/h9-12H,2-7H2,1H3,(H,19,20)/t10-,11-,12-/m0/s1. The van der Waals surface area contributed by atoms with Gasteiger partial charge < -0.3 is 14.7 Å². The Morgan fingerprint density at radius 1 is 1.33 bits per heavy atom. The van der Waals surface area contributed by atoms with E-state index in [9.17, 15) is 19.5 Å². The number of ether oxygens (including phenoxy) is 1. The number of aliphatic carboxylic acids is 1. The molecule has 0 bridgehead atoms. The normalized spacial score (nSPS) is 30.5. The molecular weight excluding hydrogens is 342 g/mol. The molecule has 118 valence electrons. The van der Waals surface area contributed by atoms with Crippen LogP contribution in [0.25, 0.3) is 0 Å². The summed E-state index contributed by atoms with van der Waals surface area (Å²) < 4.78 is 5.10. The van der Waals surface area contributed by atoms with Gasteiger partial charge in [0.2, 0.25) is 0 Å². The molecule has 1 saturated heterocycles. The second kappa shape index (κ2) is 6.77. The summed E-state index contributed by atoms with van der Waals surface area (Å²) in [4.78, 5) is 36.9. The minimum absolute atomic E-state index is 0.0607. The minimum Gasteiger partial charge on any atom is -0.480 e. The Hall–Kier alpha value is -1.11. The number of amides is 1. The van der Waals surface area contributed by atoms with Gasteiger partial charge in [-0.3, -0.25) is 9.59 Å². The first-order valence-corrected chi connectivity index (χ1v) is 8.37. The lowest BCUT2D eigenvalue weighted by Gasteiger charge is -2.34. The average molecular weight is 362 g/mol. The van der Waals surface area contributed by atoms with Crippen molar-refractivity contribution in [1.82, 2.24) is 4.90 Å². The van der Waals surface area contributed by atoms with Crippen LogP contribution in [0, 0.1) is 5.92 Å². The first kappa shape index (κ1) is 16.3. The molecule has 1 saturated carbocycles. The third-order valence-corrected chi connectivity index (χ3v) is 5.03. The van der Waals surface area contributed by atoms with E-state index in [0.717, 1.165) is 32.1 Å². The van der Waals surface area contributed by atoms with E-state index in [0.29, 0.717) is 5.33 Å². The van der Waals surface area contributed by atoms with Crippen LogP contribution >= 0.6 is 15.9 Å². The van der Waals surface area contributed by atoms with Crippen molar-refractivity contribution in [2.24, 2.45) is 5.92 Å². The summed E-state index contributed by atoms with van der Waals surface area (Å²) in [5, 5.41) is 9.83. The first-order chi connectivity index (χ1) is 9.97. The van der Waals surface area contributed by atoms with Gasteiger partial charge >= 0.3 is 11.9 Å². The molecule has 0 radical (unpaired) electrons. The van der Waals surface area contributed by atoms with Gasteiger partial charge in [0.1, 0.15) is 6.04 Å². The van der Waals surface area contributed by atoms with E-state index in [1.807, 2.05) is 0 Å². The smallest absolute Gasteiger partial charge is 0.326 e. The summed E-state index contributed by atoms with van der Waals surface area (Å²) in [6, 6.07) is -0.987. The van der Waals surface area contributed by atoms with Crippen molar-refractivity contribution in [3.63, 3.8) is 0 Å². The van der Waals surface area contributed by atoms with Gasteiger partial charge in [-0.1, -0.05) is 35.2 Å². The molecule has 3 atom stereocenters. The summed E-state index contributed by atoms with van der Waals surface area (Å²) in [6.07, 6.45) is 3.75. The van der Waals surface area contributed by atoms with Gasteiger partial charge in [-0.2, -0.15) is 0 Å². The van der Waals surface area contributed by atoms with Crippen LogP contribution in [-0.4, -0.2) is 51.4 Å². The topological polar surface area (TPSA) is 83.9 Å². The van der Waals surface area contributed by atoms with Crippen LogP contribution in [0.4, 0.5) is 0 Å². The zero-order valence-corrected chi connectivity index (χ0v) is 13.5. The van der Waals surface area contributed by atoms with E-state index in [1.165, 1.54) is 11.8 Å². The monoisotopic (exact) mass is 361 g/mol. The molecule has 0 aromatic carbocycles. The lowest BCUT2D eigenvalue weighted by molar-refractivity contribution is -0.156. The zero-order chi connectivity index (χ0) is 15.6. The number of likely N-dealkylation sites (tertiary alicyclic amines) is 1. The van der Waals surface area contributed by atoms with Crippen LogP contribution in [0.5, 0.6) is 0 Å². The van der Waals surface area contributed by atoms with Crippen molar-refractivity contribution in [1.29, 1.82) is 0 Å². The van der Waals surface area contributed by atoms with Crippen LogP contribution in [0.2, 0.25) is 0 Å². The average Bonchev–Trinajstić information content (AvgIpc) is 2.72. The molecule has 0 aromatic rings. The SMILES string of the molecule is CC(=O)O[C@@H]1C(=O)N(C2CCCCC2)[C@H](C(=O)O)[C@@H]1CBr. The number of alkyl halides is 1. The predicted molar refractivity (Wildman–Crippen MR) is 78.0 cm³/mol. The van der Waals surface area contributed by atoms with E-state index in [2.05, 4.69) is 15.9 Å². The number of hydrogen-bond donors (Lipinski definition) is 1. The maximum absolute atomic E-state index is 12.6. The highest BCUT2D eigenvalue weighted by molar-refractivity contribution is 9.09. The quantitative estimate of drug-likeness (QED) is 0.606. The highest BCUT2D eigenvalue weighted by Gasteiger charge is 2.54. The number of carboxylic acids is 1. The first-order valence-electron chi connectivity index (χ1n) is 7.25. The van der Waals surface area contributed by atoms with Crippen LogP contribution < -0.4 is 0 Å². The van der Waals surface area contributed by atoms with Crippen molar-refractivity contribution in [3.8, 4) is 0 Å². The summed E-state index contributed by atoms with van der Waals surface area (Å²) >= 11 is 3.26. The Morgan fingerprint density at radius 3 is 2.43 bits per heavy atom. The van der Waals surface area contributed by atoms with Crippen LogP contribution in [0.3, 0.4) is 0 Å². The Morgan fingerprint density at radius 2 is 1.95 bits per heavy atom. The van der Waals surface area contributed by atoms with E-state index < -0.39 is 30.0 Å². The van der Waals surface area contributed by atoms with E-state index >= 15 is 0 Å². The van der Waals surface area contributed by atoms with E-state index in [-0.39, 0.29) is 11.9 Å². The molecule has 2 fully saturated rings. The number of carbonyl (C=O) groups excluding carboxylic acids is 2. The van der Waals surface area contributed by atoms with Crippen LogP contribution in [0.15, 0.2) is 0 Å². The van der Waals surface area contributed by atoms with Crippen LogP contribution in [-0.2, 0) is 19.1 Å². The number of esters is 1. The fourth-order valence-electron chi connectivity index (χ4n) is 3.39. The highest BCUT2D eigenvalue weighted by Crippen LogP contribution is 2.36. The maximum Gasteiger partial charge on any atom is 0.326 e. The highest BCUT2D eigenvalue weighted by atomic mass is 79.9. The Bertz CT molecular complexity index is 435. The fraction of sp³-hybridized carbons (Fsp3) is 0.786. The van der Waals surface area contributed by atoms with Gasteiger partial charge in [-0.15, -0.1) is 0 Å². The fourth-order valence-corrected chi connectivity index (χ4v) is 4.08. The Labute approximate surface area is 131 Å². The third kappa shape index (κ3) is 3.22. The largest absolute Gasteiger partial charge is 0.480 e. The molecule has 2 aliphatic rings. The molecule has 7 heteroatoms. The number of nitrogens with zero attached hydrogens (tertiary/aromatic N) is 1. The predicted octanol–water partition coefficient (Wildman–Crippen LogP) is 1.56. The molecule has 1 aliphatic heterocycles. The third-order valence-electron chi connectivity index (χ3n) is 4.28. The molecule has 6 nitrogen and oxygen atoms in total. The van der Waals surface area contributed by atoms with Crippen LogP contribution in [0.1, 0.15) is 39.0 Å². The Kier molecular flexibility index (Phi) is 5.24. The molecule has 1 aliphatic carbocycles. The van der Waals surface area contributed by atoms with Crippen molar-refractivity contribution in [3.05, 3.63) is 0 Å². The number of carbonyl (C=O) groups is 3. The molecule has 0 spiro atoms. The number of rotatable bonds is 4. The summed E-state index contributed by atoms with van der Waals surface area (Å²) in [6.45, 7) is 1.23. The van der Waals surface area contributed by atoms with Gasteiger partial charge in [-0.05, 0) is 12.8 Å². The summed E-state index contributed by atoms with van der Waals surface area (Å²) in [5.74, 6) is -2.52. The van der Waals surface area contributed by atoms with E-state index in [1.54, 1.807) is 0 Å². The van der Waals surface area contributed by atoms with Gasteiger partial charge in [0.05, 0.1) is 0 Å². The van der Waals surface area contributed by atoms with E-state index in [4.69, 9.17) is 4.74 Å². The van der Waals surface area contributed by atoms with Gasteiger partial charge in [-0.25, -0.2) is 4.79 Å². The second-order valence-corrected chi connectivity index (χ2v) is 6.32. The minimum atomic E-state index is -1.03. The zero-order valence-electron chi connectivity index (χ0n) is 12.0. The molecule has 0 unspecified atom stereocenters. The van der Waals surface area contributed by atoms with Crippen molar-refractivity contribution in [2.45, 2.75) is 57.2 Å². The second-order valence-electron chi connectivity index (χ2n) is 5.67. The molecule has 0 aromatic heterocycles. The molecule has 1 heterocycles. The Balaban J connectivity index is 2.29. The van der Waals surface area contributed by atoms with Gasteiger partial charge in [0.15, 0.2) is 6.10 Å². The van der Waals surface area contributed by atoms with Crippen molar-refractivity contribution >= 4 is 33.8 Å². The van der Waals surface area contributed by atoms with Gasteiger partial charge in [0.25, 0.3) is 5.91 Å². The summed E-state index contributed by atoms with van der Waals surface area (Å²) in [5.41, 5.74) is 0. The lowest BCUT2D eigenvalue weighted by Crippen LogP contribution is -2.48. The number of halogens is 1.